The van der Waals surface area contributed by atoms with Gasteiger partial charge in [-0.3, -0.25) is 0 Å². The van der Waals surface area contributed by atoms with Gasteiger partial charge in [-0.1, -0.05) is 85.6 Å². The summed E-state index contributed by atoms with van der Waals surface area (Å²) < 4.78 is 86.8. The molecule has 0 unspecified atom stereocenters. The Bertz CT molecular complexity index is 2560. The Labute approximate surface area is 317 Å². The van der Waals surface area contributed by atoms with Crippen molar-refractivity contribution >= 4 is 33.2 Å². The number of furan rings is 2. The molecule has 6 heteroatoms. The second-order valence-corrected chi connectivity index (χ2v) is 15.1. The molecule has 5 aromatic heterocycles. The minimum atomic E-state index is -2.39. The summed E-state index contributed by atoms with van der Waals surface area (Å²) in [7, 11) is 0. The van der Waals surface area contributed by atoms with Crippen molar-refractivity contribution in [2.45, 2.75) is 88.3 Å². The number of benzene rings is 2. The quantitative estimate of drug-likeness (QED) is 0.162. The summed E-state index contributed by atoms with van der Waals surface area (Å²) in [5, 5.41) is 1.31. The van der Waals surface area contributed by atoms with E-state index in [1.807, 2.05) is 80.5 Å². The SMILES string of the molecule is [2H]C([2H])([2H])c1cc2oc3c[c-]c(-c4cc(C([2H])([2H])C(C)(C)C)ccn4)c4oc(n1)c2c34.[2H]C([2H])(c1cnc(-c2[c-]cccc2)cc1C([2H])([2H])C(C)(C)C)C(C)(C)C.[Ir]. The van der Waals surface area contributed by atoms with Crippen LogP contribution in [0.2, 0.25) is 0 Å². The van der Waals surface area contributed by atoms with Crippen LogP contribution in [0.25, 0.3) is 55.7 Å². The largest absolute Gasteiger partial charge is 0.500 e. The minimum absolute atomic E-state index is 0. The molecule has 0 aliphatic heterocycles. The Morgan fingerprint density at radius 2 is 1.49 bits per heavy atom. The van der Waals surface area contributed by atoms with Crippen LogP contribution in [-0.2, 0) is 39.2 Å². The van der Waals surface area contributed by atoms with E-state index in [9.17, 15) is 0 Å². The van der Waals surface area contributed by atoms with Crippen molar-refractivity contribution in [3.8, 4) is 22.5 Å². The van der Waals surface area contributed by atoms with E-state index < -0.39 is 42.2 Å². The second kappa shape index (κ2) is 13.8. The van der Waals surface area contributed by atoms with Gasteiger partial charge < -0.3 is 18.8 Å². The van der Waals surface area contributed by atoms with Gasteiger partial charge in [0.05, 0.1) is 16.6 Å². The molecule has 0 amide bonds. The van der Waals surface area contributed by atoms with Crippen LogP contribution in [0, 0.1) is 35.2 Å². The zero-order chi connectivity index (χ0) is 42.3. The summed E-state index contributed by atoms with van der Waals surface area (Å²) in [5.41, 5.74) is 2.97. The van der Waals surface area contributed by atoms with Crippen LogP contribution >= 0.6 is 0 Å². The smallest absolute Gasteiger partial charge is 0.220 e. The number of aryl methyl sites for hydroxylation is 1. The van der Waals surface area contributed by atoms with Crippen molar-refractivity contribution < 1.29 is 41.3 Å². The van der Waals surface area contributed by atoms with Crippen LogP contribution < -0.4 is 0 Å². The second-order valence-electron chi connectivity index (χ2n) is 15.1. The third kappa shape index (κ3) is 8.66. The van der Waals surface area contributed by atoms with Crippen LogP contribution in [0.15, 0.2) is 75.8 Å². The third-order valence-electron chi connectivity index (χ3n) is 7.11. The van der Waals surface area contributed by atoms with E-state index in [0.717, 1.165) is 5.56 Å². The zero-order valence-corrected chi connectivity index (χ0v) is 31.7. The number of aromatic nitrogens is 3. The van der Waals surface area contributed by atoms with Gasteiger partial charge in [0.15, 0.2) is 0 Å². The van der Waals surface area contributed by atoms with Gasteiger partial charge in [0.25, 0.3) is 0 Å². The van der Waals surface area contributed by atoms with E-state index in [4.69, 9.17) is 21.2 Å². The Morgan fingerprint density at radius 3 is 2.16 bits per heavy atom. The first-order valence-corrected chi connectivity index (χ1v) is 16.0. The Morgan fingerprint density at radius 1 is 0.755 bits per heavy atom. The number of nitrogens with zero attached hydrogens (tertiary/aromatic N) is 3. The van der Waals surface area contributed by atoms with Crippen LogP contribution in [0.5, 0.6) is 0 Å². The van der Waals surface area contributed by atoms with Gasteiger partial charge in [0.2, 0.25) is 5.71 Å². The standard InChI is InChI=1S/C22H19N2O2.C21H28N.Ir/c1-12-9-17-19-18-16(25-17)6-5-14(20(18)26-21(19)24-12)15-10-13(7-8-23-15)11-22(2,3)4;1-20(2,3)13-17-12-19(16-10-8-7-9-11-16)22-15-18(17)14-21(4,5)6;/h6-10H,11H2,1-4H3;7-10,12,15H,13-14H2,1-6H3;/q2*-1;/i1D3,11D2;13D2,14D2;. The predicted molar refractivity (Wildman–Crippen MR) is 197 cm³/mol. The fraction of sp³-hybridized carbons (Fsp3) is 0.372. The molecule has 49 heavy (non-hydrogen) atoms. The van der Waals surface area contributed by atoms with E-state index in [1.54, 1.807) is 36.5 Å². The van der Waals surface area contributed by atoms with E-state index >= 15 is 0 Å². The number of hydrogen-bond donors (Lipinski definition) is 0. The molecule has 257 valence electrons. The molecule has 0 fully saturated rings. The number of pyridine rings is 3. The molecule has 0 spiro atoms. The van der Waals surface area contributed by atoms with Crippen molar-refractivity contribution in [3.63, 3.8) is 0 Å². The summed E-state index contributed by atoms with van der Waals surface area (Å²) in [5.74, 6) is 0. The van der Waals surface area contributed by atoms with Crippen LogP contribution in [0.1, 0.15) is 97.0 Å². The van der Waals surface area contributed by atoms with E-state index in [2.05, 4.69) is 27.1 Å². The van der Waals surface area contributed by atoms with Crippen LogP contribution in [0.4, 0.5) is 0 Å². The predicted octanol–water partition coefficient (Wildman–Crippen LogP) is 11.6. The van der Waals surface area contributed by atoms with Gasteiger partial charge in [0.1, 0.15) is 5.58 Å². The molecular formula is C43H47IrN3O2-2. The molecule has 0 atom stereocenters. The molecule has 0 saturated heterocycles. The fourth-order valence-corrected chi connectivity index (χ4v) is 5.47. The van der Waals surface area contributed by atoms with Gasteiger partial charge in [-0.15, -0.1) is 48.0 Å². The average molecular weight is 839 g/mol. The maximum absolute atomic E-state index is 8.77. The van der Waals surface area contributed by atoms with E-state index in [-0.39, 0.29) is 31.5 Å². The topological polar surface area (TPSA) is 65.0 Å². The summed E-state index contributed by atoms with van der Waals surface area (Å²) in [6.45, 7) is 14.1. The molecule has 1 radical (unpaired) electrons. The van der Waals surface area contributed by atoms with Crippen LogP contribution in [0.3, 0.4) is 0 Å². The Balaban J connectivity index is 0.000000221. The summed E-state index contributed by atoms with van der Waals surface area (Å²) in [6, 6.07) is 21.8. The number of rotatable bonds is 5. The van der Waals surface area contributed by atoms with Crippen molar-refractivity contribution in [2.75, 3.05) is 0 Å². The van der Waals surface area contributed by atoms with Crippen molar-refractivity contribution in [2.24, 2.45) is 16.2 Å². The number of hydrogen-bond acceptors (Lipinski definition) is 5. The van der Waals surface area contributed by atoms with Crippen molar-refractivity contribution in [1.29, 1.82) is 0 Å². The molecule has 0 N–H and O–H groups in total. The monoisotopic (exact) mass is 839 g/mol. The first kappa shape index (κ1) is 26.0. The first-order chi connectivity index (χ1) is 26.1. The summed E-state index contributed by atoms with van der Waals surface area (Å²) in [4.78, 5) is 13.1. The molecule has 0 aliphatic rings. The van der Waals surface area contributed by atoms with Gasteiger partial charge in [0, 0.05) is 56.6 Å². The molecular weight excluding hydrogens is 783 g/mol. The Kier molecular flexibility index (Phi) is 7.33. The molecule has 7 aromatic rings. The molecule has 0 bridgehead atoms. The zero-order valence-electron chi connectivity index (χ0n) is 38.3. The van der Waals surface area contributed by atoms with Gasteiger partial charge in [-0.2, -0.15) is 0 Å². The maximum Gasteiger partial charge on any atom is 0.220 e. The molecule has 5 nitrogen and oxygen atoms in total. The first-order valence-electron chi connectivity index (χ1n) is 20.5. The Hall–Kier alpha value is -3.86. The van der Waals surface area contributed by atoms with Gasteiger partial charge >= 0.3 is 0 Å². The van der Waals surface area contributed by atoms with Gasteiger partial charge in [-0.05, 0) is 76.2 Å². The normalized spacial score (nSPS) is 16.2. The molecule has 5 heterocycles. The van der Waals surface area contributed by atoms with Crippen molar-refractivity contribution in [1.82, 2.24) is 15.0 Å². The van der Waals surface area contributed by atoms with Gasteiger partial charge in [-0.25, -0.2) is 4.98 Å². The summed E-state index contributed by atoms with van der Waals surface area (Å²) in [6.07, 6.45) is -1.98. The fourth-order valence-electron chi connectivity index (χ4n) is 5.47. The molecule has 0 aliphatic carbocycles. The molecule has 0 saturated carbocycles. The minimum Gasteiger partial charge on any atom is -0.500 e. The van der Waals surface area contributed by atoms with E-state index in [1.165, 1.54) is 12.3 Å². The average Bonchev–Trinajstić information content (AvgIpc) is 3.70. The summed E-state index contributed by atoms with van der Waals surface area (Å²) >= 11 is 0. The molecule has 7 rings (SSSR count). The maximum atomic E-state index is 8.77. The van der Waals surface area contributed by atoms with E-state index in [0.29, 0.717) is 61.2 Å². The molecule has 2 aromatic carbocycles. The third-order valence-corrected chi connectivity index (χ3v) is 7.11. The van der Waals surface area contributed by atoms with Crippen LogP contribution in [-0.4, -0.2) is 15.0 Å². The van der Waals surface area contributed by atoms with Crippen molar-refractivity contribution in [3.05, 3.63) is 102 Å².